The Kier molecular flexibility index (Phi) is 5.16. The maximum Gasteiger partial charge on any atom is 0.338 e. The maximum atomic E-state index is 12.8. The molecule has 3 aromatic carbocycles. The maximum absolute atomic E-state index is 12.8. The highest BCUT2D eigenvalue weighted by molar-refractivity contribution is 6.35. The molecular weight excluding hydrogens is 406 g/mol. The van der Waals surface area contributed by atoms with Gasteiger partial charge in [-0.15, -0.1) is 0 Å². The van der Waals surface area contributed by atoms with Crippen molar-refractivity contribution in [3.63, 3.8) is 0 Å². The molecule has 0 aliphatic carbocycles. The van der Waals surface area contributed by atoms with Crippen molar-refractivity contribution < 1.29 is 23.9 Å². The molecule has 3 aromatic rings. The Morgan fingerprint density at radius 2 is 1.47 bits per heavy atom. The normalized spacial score (nSPS) is 12.6. The number of Topliss-reactive ketones (excluding diaryl/α,β-unsaturated/α-hetero) is 1. The zero-order valence-corrected chi connectivity index (χ0v) is 16.3. The van der Waals surface area contributed by atoms with Gasteiger partial charge in [-0.3, -0.25) is 14.4 Å². The third-order valence-corrected chi connectivity index (χ3v) is 4.89. The number of carbonyl (C=O) groups is 4. The number of fused-ring (bicyclic) bond motifs is 1. The monoisotopic (exact) mass is 419 g/mol. The molecule has 0 unspecified atom stereocenters. The summed E-state index contributed by atoms with van der Waals surface area (Å²) in [5.74, 6) is -2.14. The second-order valence-electron chi connectivity index (χ2n) is 6.55. The van der Waals surface area contributed by atoms with Gasteiger partial charge in [0.2, 0.25) is 0 Å². The smallest absolute Gasteiger partial charge is 0.338 e. The van der Waals surface area contributed by atoms with E-state index in [1.165, 1.54) is 18.2 Å². The minimum Gasteiger partial charge on any atom is -0.454 e. The molecule has 0 atom stereocenters. The van der Waals surface area contributed by atoms with Gasteiger partial charge in [0.25, 0.3) is 11.8 Å². The fraction of sp³-hybridized carbons (Fsp3) is 0.0435. The van der Waals surface area contributed by atoms with Crippen LogP contribution in [0.4, 0.5) is 5.69 Å². The number of carbonyl (C=O) groups excluding carboxylic acids is 4. The van der Waals surface area contributed by atoms with E-state index in [1.807, 2.05) is 0 Å². The van der Waals surface area contributed by atoms with E-state index in [4.69, 9.17) is 16.3 Å². The van der Waals surface area contributed by atoms with E-state index in [9.17, 15) is 19.2 Å². The van der Waals surface area contributed by atoms with Gasteiger partial charge in [-0.1, -0.05) is 41.9 Å². The summed E-state index contributed by atoms with van der Waals surface area (Å²) in [7, 11) is 0. The van der Waals surface area contributed by atoms with Gasteiger partial charge >= 0.3 is 5.97 Å². The highest BCUT2D eigenvalue weighted by Crippen LogP contribution is 2.30. The van der Waals surface area contributed by atoms with Crippen LogP contribution in [-0.2, 0) is 4.74 Å². The van der Waals surface area contributed by atoms with Crippen LogP contribution in [0.1, 0.15) is 41.4 Å². The summed E-state index contributed by atoms with van der Waals surface area (Å²) < 4.78 is 5.08. The number of hydrogen-bond donors (Lipinski definition) is 0. The van der Waals surface area contributed by atoms with E-state index in [0.717, 1.165) is 4.90 Å². The fourth-order valence-corrected chi connectivity index (χ4v) is 3.24. The van der Waals surface area contributed by atoms with Gasteiger partial charge in [-0.25, -0.2) is 9.69 Å². The summed E-state index contributed by atoms with van der Waals surface area (Å²) in [6.45, 7) is -0.427. The first-order chi connectivity index (χ1) is 14.5. The van der Waals surface area contributed by atoms with Crippen molar-refractivity contribution in [1.82, 2.24) is 0 Å². The van der Waals surface area contributed by atoms with E-state index in [-0.39, 0.29) is 22.5 Å². The van der Waals surface area contributed by atoms with Crippen molar-refractivity contribution in [2.45, 2.75) is 0 Å². The Morgan fingerprint density at radius 1 is 0.800 bits per heavy atom. The number of rotatable bonds is 5. The standard InChI is InChI=1S/C23H14ClNO5/c24-16-7-9-17(10-8-16)25-21(27)18-11-6-15(12-19(18)22(25)28)23(29)30-13-20(26)14-4-2-1-3-5-14/h1-12H,13H2. The Labute approximate surface area is 176 Å². The fourth-order valence-electron chi connectivity index (χ4n) is 3.11. The molecule has 1 heterocycles. The molecule has 1 aliphatic rings. The number of ketones is 1. The van der Waals surface area contributed by atoms with Gasteiger partial charge in [0.1, 0.15) is 0 Å². The van der Waals surface area contributed by atoms with Gasteiger partial charge in [0.15, 0.2) is 12.4 Å². The lowest BCUT2D eigenvalue weighted by Gasteiger charge is -2.13. The molecule has 0 saturated carbocycles. The topological polar surface area (TPSA) is 80.8 Å². The molecular formula is C23H14ClNO5. The van der Waals surface area contributed by atoms with Crippen LogP contribution in [0.5, 0.6) is 0 Å². The Balaban J connectivity index is 1.52. The summed E-state index contributed by atoms with van der Waals surface area (Å²) >= 11 is 5.86. The van der Waals surface area contributed by atoms with E-state index in [1.54, 1.807) is 54.6 Å². The van der Waals surface area contributed by atoms with Crippen molar-refractivity contribution in [2.24, 2.45) is 0 Å². The first-order valence-electron chi connectivity index (χ1n) is 8.99. The number of ether oxygens (including phenoxy) is 1. The van der Waals surface area contributed by atoms with Gasteiger partial charge < -0.3 is 4.74 Å². The number of nitrogens with zero attached hydrogens (tertiary/aromatic N) is 1. The molecule has 1 aliphatic heterocycles. The Bertz CT molecular complexity index is 1170. The molecule has 0 saturated heterocycles. The number of halogens is 1. The van der Waals surface area contributed by atoms with Crippen LogP contribution in [0, 0.1) is 0 Å². The van der Waals surface area contributed by atoms with Crippen molar-refractivity contribution in [3.05, 3.63) is 100 Å². The SMILES string of the molecule is O=C(COC(=O)c1ccc2c(c1)C(=O)N(c1ccc(Cl)cc1)C2=O)c1ccccc1. The average Bonchev–Trinajstić information content (AvgIpc) is 3.02. The molecule has 0 fully saturated rings. The van der Waals surface area contributed by atoms with Crippen LogP contribution in [0.15, 0.2) is 72.8 Å². The summed E-state index contributed by atoms with van der Waals surface area (Å²) in [4.78, 5) is 50.9. The second kappa shape index (κ2) is 7.93. The Hall–Kier alpha value is -3.77. The molecule has 4 rings (SSSR count). The average molecular weight is 420 g/mol. The number of hydrogen-bond acceptors (Lipinski definition) is 5. The third-order valence-electron chi connectivity index (χ3n) is 4.64. The molecule has 6 nitrogen and oxygen atoms in total. The molecule has 7 heteroatoms. The molecule has 0 aromatic heterocycles. The number of imide groups is 1. The minimum absolute atomic E-state index is 0.0775. The van der Waals surface area contributed by atoms with Crippen molar-refractivity contribution in [3.8, 4) is 0 Å². The van der Waals surface area contributed by atoms with Crippen LogP contribution >= 0.6 is 11.6 Å². The second-order valence-corrected chi connectivity index (χ2v) is 6.98. The highest BCUT2D eigenvalue weighted by Gasteiger charge is 2.37. The van der Waals surface area contributed by atoms with Crippen LogP contribution in [0.3, 0.4) is 0 Å². The molecule has 30 heavy (non-hydrogen) atoms. The molecule has 148 valence electrons. The Morgan fingerprint density at radius 3 is 2.17 bits per heavy atom. The number of benzene rings is 3. The van der Waals surface area contributed by atoms with Gasteiger partial charge in [-0.2, -0.15) is 0 Å². The van der Waals surface area contributed by atoms with E-state index >= 15 is 0 Å². The molecule has 0 N–H and O–H groups in total. The minimum atomic E-state index is -0.757. The van der Waals surface area contributed by atoms with E-state index in [0.29, 0.717) is 16.3 Å². The van der Waals surface area contributed by atoms with Gasteiger partial charge in [-0.05, 0) is 42.5 Å². The van der Waals surface area contributed by atoms with E-state index in [2.05, 4.69) is 0 Å². The van der Waals surface area contributed by atoms with Crippen molar-refractivity contribution >= 4 is 40.9 Å². The zero-order chi connectivity index (χ0) is 21.3. The molecule has 0 bridgehead atoms. The first-order valence-corrected chi connectivity index (χ1v) is 9.37. The van der Waals surface area contributed by atoms with Crippen LogP contribution < -0.4 is 4.90 Å². The van der Waals surface area contributed by atoms with Crippen molar-refractivity contribution in [1.29, 1.82) is 0 Å². The van der Waals surface area contributed by atoms with Crippen LogP contribution in [-0.4, -0.2) is 30.2 Å². The summed E-state index contributed by atoms with van der Waals surface area (Å²) in [6, 6.07) is 18.8. The predicted molar refractivity (Wildman–Crippen MR) is 110 cm³/mol. The summed E-state index contributed by atoms with van der Waals surface area (Å²) in [5, 5.41) is 0.477. The lowest BCUT2D eigenvalue weighted by atomic mass is 10.1. The largest absolute Gasteiger partial charge is 0.454 e. The summed E-state index contributed by atoms with van der Waals surface area (Å²) in [6.07, 6.45) is 0. The van der Waals surface area contributed by atoms with Crippen molar-refractivity contribution in [2.75, 3.05) is 11.5 Å². The van der Waals surface area contributed by atoms with Crippen LogP contribution in [0.2, 0.25) is 5.02 Å². The summed E-state index contributed by atoms with van der Waals surface area (Å²) in [5.41, 5.74) is 1.17. The van der Waals surface area contributed by atoms with Gasteiger partial charge in [0.05, 0.1) is 22.4 Å². The zero-order valence-electron chi connectivity index (χ0n) is 15.5. The third kappa shape index (κ3) is 3.60. The molecule has 0 spiro atoms. The van der Waals surface area contributed by atoms with Gasteiger partial charge in [0, 0.05) is 10.6 Å². The molecule has 0 radical (unpaired) electrons. The first kappa shape index (κ1) is 19.5. The lowest BCUT2D eigenvalue weighted by Crippen LogP contribution is -2.29. The quantitative estimate of drug-likeness (QED) is 0.352. The lowest BCUT2D eigenvalue weighted by molar-refractivity contribution is 0.0474. The number of esters is 1. The van der Waals surface area contributed by atoms with Crippen LogP contribution in [0.25, 0.3) is 0 Å². The number of amides is 2. The van der Waals surface area contributed by atoms with E-state index < -0.39 is 24.4 Å². The molecule has 2 amide bonds. The predicted octanol–water partition coefficient (Wildman–Crippen LogP) is 4.18. The number of anilines is 1. The highest BCUT2D eigenvalue weighted by atomic mass is 35.5.